The first-order chi connectivity index (χ1) is 15.8. The van der Waals surface area contributed by atoms with Crippen molar-refractivity contribution in [3.63, 3.8) is 0 Å². The number of aromatic nitrogens is 2. The lowest BCUT2D eigenvalue weighted by molar-refractivity contribution is -0.137. The summed E-state index contributed by atoms with van der Waals surface area (Å²) in [4.78, 5) is 20.8. The van der Waals surface area contributed by atoms with Crippen molar-refractivity contribution in [2.24, 2.45) is 0 Å². The third-order valence-corrected chi connectivity index (χ3v) is 5.53. The second kappa shape index (κ2) is 9.62. The number of rotatable bonds is 6. The van der Waals surface area contributed by atoms with E-state index in [1.165, 1.54) is 12.1 Å². The van der Waals surface area contributed by atoms with E-state index < -0.39 is 11.7 Å². The number of hydrogen-bond donors (Lipinski definition) is 0. The summed E-state index contributed by atoms with van der Waals surface area (Å²) >= 11 is 0. The Morgan fingerprint density at radius 1 is 1.09 bits per heavy atom. The number of amides is 1. The zero-order chi connectivity index (χ0) is 23.4. The van der Waals surface area contributed by atoms with Crippen LogP contribution in [0.5, 0.6) is 5.75 Å². The molecule has 1 saturated heterocycles. The van der Waals surface area contributed by atoms with Crippen LogP contribution in [0, 0.1) is 0 Å². The van der Waals surface area contributed by atoms with Gasteiger partial charge in [-0.15, -0.1) is 0 Å². The number of halogens is 3. The number of piperazine rings is 1. The summed E-state index contributed by atoms with van der Waals surface area (Å²) in [5.41, 5.74) is 0.326. The van der Waals surface area contributed by atoms with Crippen molar-refractivity contribution in [2.75, 3.05) is 33.3 Å². The van der Waals surface area contributed by atoms with Gasteiger partial charge in [-0.1, -0.05) is 35.5 Å². The molecule has 0 radical (unpaired) electrons. The van der Waals surface area contributed by atoms with Gasteiger partial charge in [0.1, 0.15) is 5.75 Å². The van der Waals surface area contributed by atoms with Crippen molar-refractivity contribution in [2.45, 2.75) is 19.1 Å². The van der Waals surface area contributed by atoms with E-state index in [-0.39, 0.29) is 23.7 Å². The Labute approximate surface area is 188 Å². The average molecular weight is 460 g/mol. The van der Waals surface area contributed by atoms with Crippen LogP contribution in [-0.2, 0) is 23.9 Å². The van der Waals surface area contributed by atoms with Gasteiger partial charge in [-0.3, -0.25) is 9.69 Å². The number of nitrogens with zero attached hydrogens (tertiary/aromatic N) is 4. The van der Waals surface area contributed by atoms with Gasteiger partial charge in [-0.25, -0.2) is 0 Å². The van der Waals surface area contributed by atoms with E-state index in [4.69, 9.17) is 9.26 Å². The Hall–Kier alpha value is -3.40. The zero-order valence-corrected chi connectivity index (χ0v) is 18.0. The highest BCUT2D eigenvalue weighted by atomic mass is 19.4. The lowest BCUT2D eigenvalue weighted by Crippen LogP contribution is -2.48. The van der Waals surface area contributed by atoms with Gasteiger partial charge in [0.25, 0.3) is 0 Å². The van der Waals surface area contributed by atoms with E-state index in [0.717, 1.165) is 17.7 Å². The molecule has 1 aliphatic rings. The van der Waals surface area contributed by atoms with Crippen molar-refractivity contribution in [3.05, 3.63) is 65.5 Å². The molecule has 0 spiro atoms. The van der Waals surface area contributed by atoms with Crippen LogP contribution >= 0.6 is 0 Å². The molecule has 1 fully saturated rings. The number of benzene rings is 2. The quantitative estimate of drug-likeness (QED) is 0.559. The molecule has 0 N–H and O–H groups in total. The fourth-order valence-electron chi connectivity index (χ4n) is 3.74. The van der Waals surface area contributed by atoms with Gasteiger partial charge in [0.2, 0.25) is 17.6 Å². The van der Waals surface area contributed by atoms with Gasteiger partial charge >= 0.3 is 6.18 Å². The molecule has 1 amide bonds. The van der Waals surface area contributed by atoms with Crippen molar-refractivity contribution in [3.8, 4) is 17.1 Å². The van der Waals surface area contributed by atoms with E-state index in [2.05, 4.69) is 15.0 Å². The standard InChI is InChI=1S/C23H23F3N4O3/c1-32-19-8-3-2-5-16(19)14-21(31)30-11-9-29(10-12-30)15-20-27-22(28-33-20)17-6-4-7-18(13-17)23(24,25)26/h2-8,13H,9-12,14-15H2,1H3. The highest BCUT2D eigenvalue weighted by Gasteiger charge is 2.31. The second-order valence-electron chi connectivity index (χ2n) is 7.74. The molecule has 2 heterocycles. The molecule has 0 saturated carbocycles. The van der Waals surface area contributed by atoms with Crippen LogP contribution in [-0.4, -0.2) is 59.1 Å². The summed E-state index contributed by atoms with van der Waals surface area (Å²) in [6.07, 6.45) is -4.17. The SMILES string of the molecule is COc1ccccc1CC(=O)N1CCN(Cc2nc(-c3cccc(C(F)(F)F)c3)no2)CC1. The molecule has 174 valence electrons. The van der Waals surface area contributed by atoms with Crippen LogP contribution < -0.4 is 4.74 Å². The Morgan fingerprint density at radius 2 is 1.85 bits per heavy atom. The van der Waals surface area contributed by atoms with Crippen molar-refractivity contribution in [1.29, 1.82) is 0 Å². The molecule has 0 atom stereocenters. The Morgan fingerprint density at radius 3 is 2.58 bits per heavy atom. The van der Waals surface area contributed by atoms with E-state index in [0.29, 0.717) is 44.4 Å². The number of methoxy groups -OCH3 is 1. The molecule has 2 aromatic carbocycles. The molecule has 33 heavy (non-hydrogen) atoms. The first-order valence-corrected chi connectivity index (χ1v) is 10.5. The van der Waals surface area contributed by atoms with Gasteiger partial charge in [0, 0.05) is 37.3 Å². The lowest BCUT2D eigenvalue weighted by atomic mass is 10.1. The van der Waals surface area contributed by atoms with E-state index >= 15 is 0 Å². The van der Waals surface area contributed by atoms with Gasteiger partial charge in [-0.05, 0) is 18.2 Å². The summed E-state index contributed by atoms with van der Waals surface area (Å²) < 4.78 is 49.4. The number of carbonyl (C=O) groups excluding carboxylic acids is 1. The minimum absolute atomic E-state index is 0.0313. The normalized spacial score (nSPS) is 15.0. The molecule has 0 bridgehead atoms. The Bertz CT molecular complexity index is 1110. The predicted octanol–water partition coefficient (Wildman–Crippen LogP) is 3.65. The van der Waals surface area contributed by atoms with Gasteiger partial charge in [0.05, 0.1) is 25.6 Å². The molecule has 1 aliphatic heterocycles. The van der Waals surface area contributed by atoms with Crippen molar-refractivity contribution < 1.29 is 27.2 Å². The first-order valence-electron chi connectivity index (χ1n) is 10.5. The molecule has 7 nitrogen and oxygen atoms in total. The van der Waals surface area contributed by atoms with Crippen LogP contribution in [0.4, 0.5) is 13.2 Å². The van der Waals surface area contributed by atoms with Crippen LogP contribution in [0.15, 0.2) is 53.1 Å². The smallest absolute Gasteiger partial charge is 0.416 e. The number of alkyl halides is 3. The maximum atomic E-state index is 12.9. The van der Waals surface area contributed by atoms with Crippen LogP contribution in [0.1, 0.15) is 17.0 Å². The summed E-state index contributed by atoms with van der Waals surface area (Å²) in [5.74, 6) is 1.15. The predicted molar refractivity (Wildman–Crippen MR) is 113 cm³/mol. The highest BCUT2D eigenvalue weighted by molar-refractivity contribution is 5.79. The molecule has 1 aromatic heterocycles. The number of ether oxygens (including phenoxy) is 1. The number of hydrogen-bond acceptors (Lipinski definition) is 6. The minimum atomic E-state index is -4.44. The lowest BCUT2D eigenvalue weighted by Gasteiger charge is -2.34. The van der Waals surface area contributed by atoms with Gasteiger partial charge in [-0.2, -0.15) is 18.2 Å². The Balaban J connectivity index is 1.32. The monoisotopic (exact) mass is 460 g/mol. The fraction of sp³-hybridized carbons (Fsp3) is 0.348. The van der Waals surface area contributed by atoms with E-state index in [1.54, 1.807) is 7.11 Å². The third kappa shape index (κ3) is 5.51. The minimum Gasteiger partial charge on any atom is -0.496 e. The van der Waals surface area contributed by atoms with Crippen LogP contribution in [0.2, 0.25) is 0 Å². The van der Waals surface area contributed by atoms with Crippen molar-refractivity contribution in [1.82, 2.24) is 19.9 Å². The van der Waals surface area contributed by atoms with Crippen LogP contribution in [0.3, 0.4) is 0 Å². The van der Waals surface area contributed by atoms with E-state index in [1.807, 2.05) is 29.2 Å². The molecule has 3 aromatic rings. The maximum Gasteiger partial charge on any atom is 0.416 e. The first kappa shape index (κ1) is 22.8. The summed E-state index contributed by atoms with van der Waals surface area (Å²) in [6, 6.07) is 12.3. The largest absolute Gasteiger partial charge is 0.496 e. The molecule has 0 aliphatic carbocycles. The molecule has 0 unspecified atom stereocenters. The number of para-hydroxylation sites is 1. The van der Waals surface area contributed by atoms with Gasteiger partial charge in [0.15, 0.2) is 0 Å². The number of carbonyl (C=O) groups is 1. The average Bonchev–Trinajstić information content (AvgIpc) is 3.28. The third-order valence-electron chi connectivity index (χ3n) is 5.53. The summed E-state index contributed by atoms with van der Waals surface area (Å²) in [5, 5.41) is 3.82. The molecule has 10 heteroatoms. The second-order valence-corrected chi connectivity index (χ2v) is 7.74. The van der Waals surface area contributed by atoms with Crippen molar-refractivity contribution >= 4 is 5.91 Å². The zero-order valence-electron chi connectivity index (χ0n) is 18.0. The topological polar surface area (TPSA) is 71.7 Å². The highest BCUT2D eigenvalue weighted by Crippen LogP contribution is 2.31. The molecular formula is C23H23F3N4O3. The maximum absolute atomic E-state index is 12.9. The molecule has 4 rings (SSSR count). The summed E-state index contributed by atoms with van der Waals surface area (Å²) in [7, 11) is 1.58. The van der Waals surface area contributed by atoms with E-state index in [9.17, 15) is 18.0 Å². The summed E-state index contributed by atoms with van der Waals surface area (Å²) in [6.45, 7) is 2.73. The fourth-order valence-corrected chi connectivity index (χ4v) is 3.74. The Kier molecular flexibility index (Phi) is 6.64. The molecular weight excluding hydrogens is 437 g/mol. The van der Waals surface area contributed by atoms with Gasteiger partial charge < -0.3 is 14.2 Å². The van der Waals surface area contributed by atoms with Crippen LogP contribution in [0.25, 0.3) is 11.4 Å².